The second-order valence-electron chi connectivity index (χ2n) is 2.79. The van der Waals surface area contributed by atoms with E-state index in [1.165, 1.54) is 0 Å². The molecule has 62 valence electrons. The zero-order valence-corrected chi connectivity index (χ0v) is 7.11. The van der Waals surface area contributed by atoms with E-state index in [1.807, 2.05) is 6.07 Å². The molecule has 0 bridgehead atoms. The molecule has 1 aliphatic rings. The van der Waals surface area contributed by atoms with Gasteiger partial charge in [0.1, 0.15) is 5.54 Å². The standard InChI is InChI=1S/C6H10N2O2S/c1-8-6(4-7)2-3-11(9,10)5-6/h8H,2-3,5H2,1H3. The van der Waals surface area contributed by atoms with E-state index in [0.717, 1.165) is 0 Å². The van der Waals surface area contributed by atoms with Gasteiger partial charge in [0, 0.05) is 0 Å². The van der Waals surface area contributed by atoms with Gasteiger partial charge in [-0.25, -0.2) is 8.42 Å². The van der Waals surface area contributed by atoms with Gasteiger partial charge in [-0.05, 0) is 13.5 Å². The largest absolute Gasteiger partial charge is 0.302 e. The van der Waals surface area contributed by atoms with Gasteiger partial charge in [-0.15, -0.1) is 0 Å². The Hall–Kier alpha value is -0.600. The Morgan fingerprint density at radius 3 is 2.45 bits per heavy atom. The van der Waals surface area contributed by atoms with Gasteiger partial charge in [-0.1, -0.05) is 0 Å². The van der Waals surface area contributed by atoms with E-state index in [1.54, 1.807) is 7.05 Å². The second kappa shape index (κ2) is 2.47. The van der Waals surface area contributed by atoms with E-state index in [-0.39, 0.29) is 11.5 Å². The van der Waals surface area contributed by atoms with Crippen molar-refractivity contribution in [3.8, 4) is 6.07 Å². The van der Waals surface area contributed by atoms with E-state index >= 15 is 0 Å². The third-order valence-corrected chi connectivity index (χ3v) is 3.76. The van der Waals surface area contributed by atoms with Crippen LogP contribution >= 0.6 is 0 Å². The Bertz CT molecular complexity index is 290. The predicted octanol–water partition coefficient (Wildman–Crippen LogP) is -0.713. The summed E-state index contributed by atoms with van der Waals surface area (Å²) in [6.45, 7) is 0. The summed E-state index contributed by atoms with van der Waals surface area (Å²) in [5.41, 5.74) is -0.821. The fourth-order valence-electron chi connectivity index (χ4n) is 1.19. The minimum atomic E-state index is -2.96. The molecule has 0 spiro atoms. The third-order valence-electron chi connectivity index (χ3n) is 2.00. The number of nitrogens with zero attached hydrogens (tertiary/aromatic N) is 1. The lowest BCUT2D eigenvalue weighted by atomic mass is 10.0. The molecular weight excluding hydrogens is 164 g/mol. The molecule has 0 saturated carbocycles. The number of hydrogen-bond acceptors (Lipinski definition) is 4. The number of hydrogen-bond donors (Lipinski definition) is 1. The van der Waals surface area contributed by atoms with E-state index in [4.69, 9.17) is 5.26 Å². The molecule has 1 aliphatic heterocycles. The molecule has 1 saturated heterocycles. The minimum absolute atomic E-state index is 0.0486. The first kappa shape index (κ1) is 8.50. The summed E-state index contributed by atoms with van der Waals surface area (Å²) in [5, 5.41) is 11.4. The topological polar surface area (TPSA) is 70.0 Å². The fourth-order valence-corrected chi connectivity index (χ4v) is 3.10. The van der Waals surface area contributed by atoms with Crippen molar-refractivity contribution in [1.82, 2.24) is 5.32 Å². The molecule has 1 heterocycles. The molecule has 1 atom stereocenters. The van der Waals surface area contributed by atoms with E-state index < -0.39 is 15.4 Å². The highest BCUT2D eigenvalue weighted by Crippen LogP contribution is 2.21. The maximum atomic E-state index is 11.0. The Balaban J connectivity index is 2.90. The van der Waals surface area contributed by atoms with E-state index in [0.29, 0.717) is 6.42 Å². The summed E-state index contributed by atoms with van der Waals surface area (Å²) in [6, 6.07) is 1.99. The summed E-state index contributed by atoms with van der Waals surface area (Å²) in [5.74, 6) is 0.0778. The van der Waals surface area contributed by atoms with Gasteiger partial charge in [0.05, 0.1) is 17.6 Å². The molecule has 0 aromatic rings. The van der Waals surface area contributed by atoms with Crippen molar-refractivity contribution in [3.63, 3.8) is 0 Å². The molecule has 5 heteroatoms. The van der Waals surface area contributed by atoms with Crippen LogP contribution < -0.4 is 5.32 Å². The van der Waals surface area contributed by atoms with E-state index in [2.05, 4.69) is 5.32 Å². The highest BCUT2D eigenvalue weighted by atomic mass is 32.2. The van der Waals surface area contributed by atoms with Crippen LogP contribution in [0.3, 0.4) is 0 Å². The van der Waals surface area contributed by atoms with Crippen molar-refractivity contribution >= 4 is 9.84 Å². The van der Waals surface area contributed by atoms with Gasteiger partial charge in [-0.2, -0.15) is 5.26 Å². The van der Waals surface area contributed by atoms with Crippen molar-refractivity contribution in [2.45, 2.75) is 12.0 Å². The molecule has 1 fully saturated rings. The SMILES string of the molecule is CNC1(C#N)CCS(=O)(=O)C1. The smallest absolute Gasteiger partial charge is 0.153 e. The Kier molecular flexibility index (Phi) is 1.90. The van der Waals surface area contributed by atoms with Crippen LogP contribution in [0.25, 0.3) is 0 Å². The van der Waals surface area contributed by atoms with Crippen LogP contribution in [0.2, 0.25) is 0 Å². The van der Waals surface area contributed by atoms with Gasteiger partial charge in [0.25, 0.3) is 0 Å². The lowest BCUT2D eigenvalue weighted by molar-refractivity contribution is 0.501. The Morgan fingerprint density at radius 1 is 1.64 bits per heavy atom. The average Bonchev–Trinajstić information content (AvgIpc) is 2.28. The third kappa shape index (κ3) is 1.52. The molecule has 1 unspecified atom stereocenters. The zero-order chi connectivity index (χ0) is 8.54. The summed E-state index contributed by atoms with van der Waals surface area (Å²) in [4.78, 5) is 0. The molecular formula is C6H10N2O2S. The van der Waals surface area contributed by atoms with Gasteiger partial charge in [-0.3, -0.25) is 0 Å². The maximum Gasteiger partial charge on any atom is 0.153 e. The summed E-state index contributed by atoms with van der Waals surface area (Å²) >= 11 is 0. The van der Waals surface area contributed by atoms with Gasteiger partial charge in [0.15, 0.2) is 9.84 Å². The molecule has 0 aromatic heterocycles. The second-order valence-corrected chi connectivity index (χ2v) is 4.97. The molecule has 0 radical (unpaired) electrons. The zero-order valence-electron chi connectivity index (χ0n) is 6.29. The van der Waals surface area contributed by atoms with Crippen LogP contribution in [0.4, 0.5) is 0 Å². The normalized spacial score (nSPS) is 34.9. The van der Waals surface area contributed by atoms with Crippen LogP contribution in [-0.2, 0) is 9.84 Å². The molecule has 11 heavy (non-hydrogen) atoms. The molecule has 0 amide bonds. The lowest BCUT2D eigenvalue weighted by Crippen LogP contribution is -2.42. The Morgan fingerprint density at radius 2 is 2.27 bits per heavy atom. The van der Waals surface area contributed by atoms with E-state index in [9.17, 15) is 8.42 Å². The van der Waals surface area contributed by atoms with Gasteiger partial charge < -0.3 is 5.32 Å². The van der Waals surface area contributed by atoms with Crippen molar-refractivity contribution in [3.05, 3.63) is 0 Å². The minimum Gasteiger partial charge on any atom is -0.302 e. The van der Waals surface area contributed by atoms with Crippen molar-refractivity contribution in [2.24, 2.45) is 0 Å². The van der Waals surface area contributed by atoms with Crippen LogP contribution in [0.15, 0.2) is 0 Å². The van der Waals surface area contributed by atoms with Crippen LogP contribution in [0, 0.1) is 11.3 Å². The number of rotatable bonds is 1. The highest BCUT2D eigenvalue weighted by Gasteiger charge is 2.41. The molecule has 1 rings (SSSR count). The molecule has 0 aromatic carbocycles. The quantitative estimate of drug-likeness (QED) is 0.570. The highest BCUT2D eigenvalue weighted by molar-refractivity contribution is 7.91. The van der Waals surface area contributed by atoms with Crippen molar-refractivity contribution in [1.29, 1.82) is 5.26 Å². The first-order chi connectivity index (χ1) is 5.04. The lowest BCUT2D eigenvalue weighted by Gasteiger charge is -2.16. The summed E-state index contributed by atoms with van der Waals surface area (Å²) < 4.78 is 21.9. The number of nitrogens with one attached hydrogen (secondary N) is 1. The molecule has 4 nitrogen and oxygen atoms in total. The Labute approximate surface area is 66.1 Å². The van der Waals surface area contributed by atoms with Crippen molar-refractivity contribution in [2.75, 3.05) is 18.6 Å². The first-order valence-electron chi connectivity index (χ1n) is 3.34. The average molecular weight is 174 g/mol. The van der Waals surface area contributed by atoms with Crippen LogP contribution in [0.1, 0.15) is 6.42 Å². The maximum absolute atomic E-state index is 11.0. The first-order valence-corrected chi connectivity index (χ1v) is 5.16. The molecule has 0 aliphatic carbocycles. The van der Waals surface area contributed by atoms with Crippen molar-refractivity contribution < 1.29 is 8.42 Å². The summed E-state index contributed by atoms with van der Waals surface area (Å²) in [6.07, 6.45) is 0.405. The number of sulfone groups is 1. The predicted molar refractivity (Wildman–Crippen MR) is 40.7 cm³/mol. The number of nitriles is 1. The molecule has 1 N–H and O–H groups in total. The fraction of sp³-hybridized carbons (Fsp3) is 0.833. The monoisotopic (exact) mass is 174 g/mol. The van der Waals surface area contributed by atoms with Gasteiger partial charge >= 0.3 is 0 Å². The van der Waals surface area contributed by atoms with Crippen LogP contribution in [-0.4, -0.2) is 32.5 Å². The summed E-state index contributed by atoms with van der Waals surface area (Å²) in [7, 11) is -1.35. The van der Waals surface area contributed by atoms with Crippen LogP contribution in [0.5, 0.6) is 0 Å². The van der Waals surface area contributed by atoms with Gasteiger partial charge in [0.2, 0.25) is 0 Å².